The Kier molecular flexibility index (Phi) is 4.37. The van der Waals surface area contributed by atoms with Crippen molar-refractivity contribution in [2.75, 3.05) is 33.3 Å². The Morgan fingerprint density at radius 3 is 2.58 bits per heavy atom. The van der Waals surface area contributed by atoms with E-state index in [1.54, 1.807) is 4.90 Å². The van der Waals surface area contributed by atoms with Crippen molar-refractivity contribution in [2.24, 2.45) is 17.8 Å². The average molecular weight is 368 g/mol. The first-order valence-electron chi connectivity index (χ1n) is 9.13. The molecule has 4 nitrogen and oxygen atoms in total. The fraction of sp³-hybridized carbons (Fsp3) is 0.632. The van der Waals surface area contributed by atoms with Crippen LogP contribution in [0, 0.1) is 17.8 Å². The van der Waals surface area contributed by atoms with Gasteiger partial charge < -0.3 is 9.64 Å². The number of likely N-dealkylation sites (tertiary alicyclic amines) is 2. The molecule has 0 unspecified atom stereocenters. The highest BCUT2D eigenvalue weighted by molar-refractivity contribution is 5.80. The van der Waals surface area contributed by atoms with Gasteiger partial charge in [-0.25, -0.2) is 0 Å². The van der Waals surface area contributed by atoms with Crippen LogP contribution in [0.4, 0.5) is 13.2 Å². The Bertz CT molecular complexity index is 686. The van der Waals surface area contributed by atoms with Crippen LogP contribution in [0.2, 0.25) is 0 Å². The van der Waals surface area contributed by atoms with E-state index in [-0.39, 0.29) is 49.7 Å². The van der Waals surface area contributed by atoms with Crippen molar-refractivity contribution >= 4 is 5.91 Å². The molecule has 142 valence electrons. The lowest BCUT2D eigenvalue weighted by Gasteiger charge is -2.36. The quantitative estimate of drug-likeness (QED) is 0.764. The van der Waals surface area contributed by atoms with E-state index in [0.29, 0.717) is 13.2 Å². The van der Waals surface area contributed by atoms with Crippen molar-refractivity contribution in [3.63, 3.8) is 0 Å². The van der Waals surface area contributed by atoms with Crippen molar-refractivity contribution in [2.45, 2.75) is 25.1 Å². The summed E-state index contributed by atoms with van der Waals surface area (Å²) >= 11 is 0. The summed E-state index contributed by atoms with van der Waals surface area (Å²) in [6.45, 7) is 1.47. The smallest absolute Gasteiger partial charge is 0.391 e. The zero-order valence-corrected chi connectivity index (χ0v) is 14.7. The van der Waals surface area contributed by atoms with E-state index in [0.717, 1.165) is 11.3 Å². The van der Waals surface area contributed by atoms with Gasteiger partial charge in [0.05, 0.1) is 18.4 Å². The number of ether oxygens (including phenoxy) is 1. The Labute approximate surface area is 150 Å². The fourth-order valence-corrected chi connectivity index (χ4v) is 4.75. The number of nitrogens with zero attached hydrogens (tertiary/aromatic N) is 2. The number of carbonyl (C=O) groups is 1. The number of para-hydroxylation sites is 1. The molecule has 0 radical (unpaired) electrons. The largest absolute Gasteiger partial charge is 0.493 e. The molecule has 3 heterocycles. The minimum atomic E-state index is -4.16. The third kappa shape index (κ3) is 2.96. The van der Waals surface area contributed by atoms with Gasteiger partial charge in [-0.05, 0) is 26.0 Å². The van der Waals surface area contributed by atoms with Crippen molar-refractivity contribution in [3.8, 4) is 5.75 Å². The van der Waals surface area contributed by atoms with E-state index >= 15 is 0 Å². The molecule has 1 aromatic rings. The Balaban J connectivity index is 1.47. The molecule has 0 N–H and O–H groups in total. The molecule has 0 aromatic heterocycles. The summed E-state index contributed by atoms with van der Waals surface area (Å²) in [4.78, 5) is 16.8. The van der Waals surface area contributed by atoms with Gasteiger partial charge in [-0.3, -0.25) is 9.69 Å². The molecule has 3 atom stereocenters. The van der Waals surface area contributed by atoms with Gasteiger partial charge in [0.25, 0.3) is 0 Å². The number of carbonyl (C=O) groups excluding carboxylic acids is 1. The van der Waals surface area contributed by atoms with E-state index in [2.05, 4.69) is 4.90 Å². The lowest BCUT2D eigenvalue weighted by molar-refractivity contribution is -0.187. The molecule has 2 saturated heterocycles. The maximum atomic E-state index is 13.0. The van der Waals surface area contributed by atoms with Gasteiger partial charge in [0.1, 0.15) is 5.75 Å². The predicted octanol–water partition coefficient (Wildman–Crippen LogP) is 3.10. The maximum Gasteiger partial charge on any atom is 0.391 e. The SMILES string of the molecule is CN1C[C@@H](C(=O)N2CCC(C(F)(F)F)CC2)[C@@H]2COc3ccccc3[C@@H]21. The maximum absolute atomic E-state index is 13.0. The molecule has 0 saturated carbocycles. The summed E-state index contributed by atoms with van der Waals surface area (Å²) in [6, 6.07) is 8.00. The highest BCUT2D eigenvalue weighted by Crippen LogP contribution is 2.47. The number of halogens is 3. The summed E-state index contributed by atoms with van der Waals surface area (Å²) in [5.74, 6) is -0.619. The third-order valence-corrected chi connectivity index (χ3v) is 6.14. The van der Waals surface area contributed by atoms with Crippen molar-refractivity contribution in [1.29, 1.82) is 0 Å². The van der Waals surface area contributed by atoms with Crippen LogP contribution >= 0.6 is 0 Å². The molecule has 7 heteroatoms. The number of benzene rings is 1. The molecule has 26 heavy (non-hydrogen) atoms. The van der Waals surface area contributed by atoms with E-state index in [4.69, 9.17) is 4.74 Å². The molecule has 2 fully saturated rings. The summed E-state index contributed by atoms with van der Waals surface area (Å²) in [5, 5.41) is 0. The predicted molar refractivity (Wildman–Crippen MR) is 89.6 cm³/mol. The Hall–Kier alpha value is -1.76. The van der Waals surface area contributed by atoms with Crippen LogP contribution in [-0.2, 0) is 4.79 Å². The number of alkyl halides is 3. The van der Waals surface area contributed by atoms with Gasteiger partial charge in [-0.2, -0.15) is 13.2 Å². The van der Waals surface area contributed by atoms with E-state index in [1.807, 2.05) is 31.3 Å². The van der Waals surface area contributed by atoms with Crippen LogP contribution in [0.1, 0.15) is 24.4 Å². The first-order chi connectivity index (χ1) is 12.4. The monoisotopic (exact) mass is 368 g/mol. The summed E-state index contributed by atoms with van der Waals surface area (Å²) in [6.07, 6.45) is -4.15. The second-order valence-electron chi connectivity index (χ2n) is 7.64. The molecule has 0 bridgehead atoms. The molecule has 0 spiro atoms. The van der Waals surface area contributed by atoms with Gasteiger partial charge in [-0.1, -0.05) is 18.2 Å². The highest BCUT2D eigenvalue weighted by atomic mass is 19.4. The minimum Gasteiger partial charge on any atom is -0.493 e. The lowest BCUT2D eigenvalue weighted by Crippen LogP contribution is -2.46. The molecular weight excluding hydrogens is 345 g/mol. The number of hydrogen-bond donors (Lipinski definition) is 0. The Morgan fingerprint density at radius 2 is 1.88 bits per heavy atom. The zero-order valence-electron chi connectivity index (χ0n) is 14.7. The van der Waals surface area contributed by atoms with Crippen molar-refractivity contribution in [3.05, 3.63) is 29.8 Å². The van der Waals surface area contributed by atoms with Gasteiger partial charge >= 0.3 is 6.18 Å². The summed E-state index contributed by atoms with van der Waals surface area (Å²) in [5.41, 5.74) is 1.09. The normalized spacial score (nSPS) is 29.8. The van der Waals surface area contributed by atoms with Gasteiger partial charge in [0, 0.05) is 37.2 Å². The molecule has 1 aromatic carbocycles. The van der Waals surface area contributed by atoms with Crippen LogP contribution in [0.15, 0.2) is 24.3 Å². The van der Waals surface area contributed by atoms with E-state index in [9.17, 15) is 18.0 Å². The topological polar surface area (TPSA) is 32.8 Å². The second kappa shape index (κ2) is 6.44. The van der Waals surface area contributed by atoms with Crippen LogP contribution in [0.5, 0.6) is 5.75 Å². The number of hydrogen-bond acceptors (Lipinski definition) is 3. The average Bonchev–Trinajstić information content (AvgIpc) is 2.98. The fourth-order valence-electron chi connectivity index (χ4n) is 4.75. The third-order valence-electron chi connectivity index (χ3n) is 6.14. The molecular formula is C19H23F3N2O2. The first-order valence-corrected chi connectivity index (χ1v) is 9.13. The standard InChI is InChI=1S/C19H23F3N2O2/c1-23-10-14(15-11-26-16-5-3-2-4-13(16)17(15)23)18(25)24-8-6-12(7-9-24)19(20,21)22/h2-5,12,14-15,17H,6-11H2,1H3/t14-,15+,17+/m1/s1. The molecule has 4 rings (SSSR count). The molecule has 0 aliphatic carbocycles. The second-order valence-corrected chi connectivity index (χ2v) is 7.64. The summed E-state index contributed by atoms with van der Waals surface area (Å²) < 4.78 is 44.4. The van der Waals surface area contributed by atoms with Gasteiger partial charge in [-0.15, -0.1) is 0 Å². The minimum absolute atomic E-state index is 0.00519. The van der Waals surface area contributed by atoms with Gasteiger partial charge in [0.15, 0.2) is 0 Å². The number of fused-ring (bicyclic) bond motifs is 3. The van der Waals surface area contributed by atoms with Crippen molar-refractivity contribution < 1.29 is 22.7 Å². The molecule has 3 aliphatic rings. The number of piperidine rings is 1. The van der Waals surface area contributed by atoms with Crippen LogP contribution < -0.4 is 4.74 Å². The zero-order chi connectivity index (χ0) is 18.5. The summed E-state index contributed by atoms with van der Waals surface area (Å²) in [7, 11) is 2.00. The number of rotatable bonds is 1. The van der Waals surface area contributed by atoms with Gasteiger partial charge in [0.2, 0.25) is 5.91 Å². The van der Waals surface area contributed by atoms with Crippen LogP contribution in [-0.4, -0.2) is 55.2 Å². The van der Waals surface area contributed by atoms with Crippen molar-refractivity contribution in [1.82, 2.24) is 9.80 Å². The lowest BCUT2D eigenvalue weighted by atomic mass is 9.84. The van der Waals surface area contributed by atoms with Crippen LogP contribution in [0.25, 0.3) is 0 Å². The number of amides is 1. The molecule has 1 amide bonds. The Morgan fingerprint density at radius 1 is 1.19 bits per heavy atom. The molecule has 3 aliphatic heterocycles. The van der Waals surface area contributed by atoms with E-state index < -0.39 is 12.1 Å². The van der Waals surface area contributed by atoms with Crippen LogP contribution in [0.3, 0.4) is 0 Å². The first kappa shape index (κ1) is 17.6. The highest BCUT2D eigenvalue weighted by Gasteiger charge is 2.49. The van der Waals surface area contributed by atoms with E-state index in [1.165, 1.54) is 0 Å².